The molecule has 0 bridgehead atoms. The zero-order valence-corrected chi connectivity index (χ0v) is 12.0. The minimum atomic E-state index is -0.447. The van der Waals surface area contributed by atoms with Crippen LogP contribution in [-0.2, 0) is 11.2 Å². The maximum Gasteiger partial charge on any atom is 0.263 e. The van der Waals surface area contributed by atoms with Crippen LogP contribution in [0.2, 0.25) is 0 Å². The van der Waals surface area contributed by atoms with Gasteiger partial charge in [0.05, 0.1) is 0 Å². The first kappa shape index (κ1) is 14.9. The number of piperidine rings is 1. The number of aliphatic hydroxyl groups excluding tert-OH is 1. The van der Waals surface area contributed by atoms with E-state index < -0.39 is 6.10 Å². The molecular formula is C16H23NO3. The highest BCUT2D eigenvalue weighted by atomic mass is 16.5. The Kier molecular flexibility index (Phi) is 5.41. The van der Waals surface area contributed by atoms with Gasteiger partial charge in [-0.15, -0.1) is 0 Å². The lowest BCUT2D eigenvalue weighted by Gasteiger charge is -2.29. The van der Waals surface area contributed by atoms with Gasteiger partial charge in [0.15, 0.2) is 6.10 Å². The van der Waals surface area contributed by atoms with E-state index in [2.05, 4.69) is 0 Å². The van der Waals surface area contributed by atoms with Gasteiger partial charge >= 0.3 is 0 Å². The fourth-order valence-corrected chi connectivity index (χ4v) is 2.49. The van der Waals surface area contributed by atoms with Crippen LogP contribution in [0.5, 0.6) is 5.75 Å². The SMILES string of the molecule is CC(Oc1ccc(CCO)cc1)C(=O)N1CCCCC1. The normalized spacial score (nSPS) is 16.8. The second kappa shape index (κ2) is 7.29. The number of hydrogen-bond acceptors (Lipinski definition) is 3. The zero-order valence-electron chi connectivity index (χ0n) is 12.0. The Morgan fingerprint density at radius 2 is 1.90 bits per heavy atom. The minimum Gasteiger partial charge on any atom is -0.481 e. The number of benzene rings is 1. The number of carbonyl (C=O) groups is 1. The van der Waals surface area contributed by atoms with Gasteiger partial charge in [0, 0.05) is 19.7 Å². The average molecular weight is 277 g/mol. The third-order valence-corrected chi connectivity index (χ3v) is 3.65. The predicted octanol–water partition coefficient (Wildman–Crippen LogP) is 2.00. The van der Waals surface area contributed by atoms with Crippen molar-refractivity contribution in [2.24, 2.45) is 0 Å². The molecule has 1 aliphatic heterocycles. The van der Waals surface area contributed by atoms with Crippen molar-refractivity contribution in [3.63, 3.8) is 0 Å². The molecule has 1 N–H and O–H groups in total. The van der Waals surface area contributed by atoms with Crippen LogP contribution in [0.1, 0.15) is 31.7 Å². The van der Waals surface area contributed by atoms with Crippen molar-refractivity contribution in [2.45, 2.75) is 38.7 Å². The molecule has 0 aromatic heterocycles. The predicted molar refractivity (Wildman–Crippen MR) is 77.8 cm³/mol. The van der Waals surface area contributed by atoms with Crippen molar-refractivity contribution in [3.8, 4) is 5.75 Å². The van der Waals surface area contributed by atoms with E-state index in [0.717, 1.165) is 31.5 Å². The number of aliphatic hydroxyl groups is 1. The minimum absolute atomic E-state index is 0.0733. The molecule has 1 fully saturated rings. The number of amides is 1. The number of likely N-dealkylation sites (tertiary alicyclic amines) is 1. The first-order chi connectivity index (χ1) is 9.70. The lowest BCUT2D eigenvalue weighted by Crippen LogP contribution is -2.43. The van der Waals surface area contributed by atoms with Gasteiger partial charge in [0.1, 0.15) is 5.75 Å². The van der Waals surface area contributed by atoms with Crippen molar-refractivity contribution in [2.75, 3.05) is 19.7 Å². The van der Waals surface area contributed by atoms with Crippen LogP contribution in [0.4, 0.5) is 0 Å². The smallest absolute Gasteiger partial charge is 0.263 e. The molecule has 1 amide bonds. The van der Waals surface area contributed by atoms with Crippen LogP contribution in [0.25, 0.3) is 0 Å². The first-order valence-electron chi connectivity index (χ1n) is 7.36. The van der Waals surface area contributed by atoms with Crippen molar-refractivity contribution >= 4 is 5.91 Å². The third kappa shape index (κ3) is 3.97. The molecule has 1 aliphatic rings. The first-order valence-corrected chi connectivity index (χ1v) is 7.36. The van der Waals surface area contributed by atoms with Crippen LogP contribution < -0.4 is 4.74 Å². The van der Waals surface area contributed by atoms with Gasteiger partial charge in [-0.2, -0.15) is 0 Å². The molecule has 1 atom stereocenters. The number of carbonyl (C=O) groups excluding carboxylic acids is 1. The summed E-state index contributed by atoms with van der Waals surface area (Å²) < 4.78 is 5.71. The highest BCUT2D eigenvalue weighted by Crippen LogP contribution is 2.16. The zero-order chi connectivity index (χ0) is 14.4. The Bertz CT molecular complexity index is 424. The number of hydrogen-bond donors (Lipinski definition) is 1. The van der Waals surface area contributed by atoms with E-state index >= 15 is 0 Å². The molecular weight excluding hydrogens is 254 g/mol. The second-order valence-corrected chi connectivity index (χ2v) is 5.26. The fourth-order valence-electron chi connectivity index (χ4n) is 2.49. The Hall–Kier alpha value is -1.55. The fraction of sp³-hybridized carbons (Fsp3) is 0.562. The van der Waals surface area contributed by atoms with E-state index in [0.29, 0.717) is 12.2 Å². The van der Waals surface area contributed by atoms with E-state index in [1.165, 1.54) is 6.42 Å². The second-order valence-electron chi connectivity index (χ2n) is 5.26. The maximum absolute atomic E-state index is 12.2. The molecule has 110 valence electrons. The molecule has 20 heavy (non-hydrogen) atoms. The summed E-state index contributed by atoms with van der Waals surface area (Å²) in [6.07, 6.45) is 3.59. The molecule has 1 aromatic carbocycles. The summed E-state index contributed by atoms with van der Waals surface area (Å²) in [5.41, 5.74) is 1.06. The van der Waals surface area contributed by atoms with Gasteiger partial charge in [-0.3, -0.25) is 4.79 Å². The monoisotopic (exact) mass is 277 g/mol. The van der Waals surface area contributed by atoms with Crippen molar-refractivity contribution < 1.29 is 14.6 Å². The highest BCUT2D eigenvalue weighted by molar-refractivity contribution is 5.81. The molecule has 1 aromatic rings. The Morgan fingerprint density at radius 1 is 1.25 bits per heavy atom. The molecule has 0 aliphatic carbocycles. The molecule has 1 saturated heterocycles. The van der Waals surface area contributed by atoms with Gasteiger partial charge in [-0.05, 0) is 50.3 Å². The van der Waals surface area contributed by atoms with Crippen LogP contribution in [-0.4, -0.2) is 41.7 Å². The topological polar surface area (TPSA) is 49.8 Å². The van der Waals surface area contributed by atoms with Gasteiger partial charge < -0.3 is 14.7 Å². The van der Waals surface area contributed by atoms with E-state index in [4.69, 9.17) is 9.84 Å². The van der Waals surface area contributed by atoms with Crippen LogP contribution >= 0.6 is 0 Å². The summed E-state index contributed by atoms with van der Waals surface area (Å²) >= 11 is 0. The average Bonchev–Trinajstić information content (AvgIpc) is 2.49. The molecule has 0 spiro atoms. The van der Waals surface area contributed by atoms with Crippen LogP contribution in [0.15, 0.2) is 24.3 Å². The summed E-state index contributed by atoms with van der Waals surface area (Å²) in [5.74, 6) is 0.772. The molecule has 0 saturated carbocycles. The molecule has 2 rings (SSSR count). The number of rotatable bonds is 5. The van der Waals surface area contributed by atoms with E-state index in [-0.39, 0.29) is 12.5 Å². The van der Waals surface area contributed by atoms with Gasteiger partial charge in [0.2, 0.25) is 0 Å². The van der Waals surface area contributed by atoms with Gasteiger partial charge in [-0.1, -0.05) is 12.1 Å². The largest absolute Gasteiger partial charge is 0.481 e. The van der Waals surface area contributed by atoms with E-state index in [1.807, 2.05) is 29.2 Å². The Labute approximate surface area is 120 Å². The summed E-state index contributed by atoms with van der Waals surface area (Å²) in [6.45, 7) is 3.65. The Balaban J connectivity index is 1.89. The number of nitrogens with zero attached hydrogens (tertiary/aromatic N) is 1. The molecule has 4 heteroatoms. The summed E-state index contributed by atoms with van der Waals surface area (Å²) in [5, 5.41) is 8.87. The lowest BCUT2D eigenvalue weighted by atomic mass is 10.1. The summed E-state index contributed by atoms with van der Waals surface area (Å²) in [6, 6.07) is 7.54. The van der Waals surface area contributed by atoms with Crippen LogP contribution in [0.3, 0.4) is 0 Å². The number of ether oxygens (including phenoxy) is 1. The van der Waals surface area contributed by atoms with Crippen molar-refractivity contribution in [1.29, 1.82) is 0 Å². The van der Waals surface area contributed by atoms with Crippen molar-refractivity contribution in [3.05, 3.63) is 29.8 Å². The third-order valence-electron chi connectivity index (χ3n) is 3.65. The molecule has 1 heterocycles. The lowest BCUT2D eigenvalue weighted by molar-refractivity contribution is -0.138. The summed E-state index contributed by atoms with van der Waals surface area (Å²) in [4.78, 5) is 14.1. The summed E-state index contributed by atoms with van der Waals surface area (Å²) in [7, 11) is 0. The standard InChI is InChI=1S/C16H23NO3/c1-13(16(19)17-10-3-2-4-11-17)20-15-7-5-14(6-8-15)9-12-18/h5-8,13,18H,2-4,9-12H2,1H3. The van der Waals surface area contributed by atoms with E-state index in [1.54, 1.807) is 6.92 Å². The Morgan fingerprint density at radius 3 is 2.50 bits per heavy atom. The van der Waals surface area contributed by atoms with Crippen molar-refractivity contribution in [1.82, 2.24) is 4.90 Å². The maximum atomic E-state index is 12.2. The van der Waals surface area contributed by atoms with Gasteiger partial charge in [-0.25, -0.2) is 0 Å². The van der Waals surface area contributed by atoms with E-state index in [9.17, 15) is 4.79 Å². The highest BCUT2D eigenvalue weighted by Gasteiger charge is 2.23. The quantitative estimate of drug-likeness (QED) is 0.895. The van der Waals surface area contributed by atoms with Gasteiger partial charge in [0.25, 0.3) is 5.91 Å². The molecule has 4 nitrogen and oxygen atoms in total. The molecule has 0 radical (unpaired) electrons. The molecule has 1 unspecified atom stereocenters. The van der Waals surface area contributed by atoms with Crippen LogP contribution in [0, 0.1) is 0 Å².